The van der Waals surface area contributed by atoms with Gasteiger partial charge in [-0.1, -0.05) is 18.2 Å². The van der Waals surface area contributed by atoms with E-state index in [0.717, 1.165) is 20.7 Å². The first kappa shape index (κ1) is 10.8. The quantitative estimate of drug-likeness (QED) is 0.667. The van der Waals surface area contributed by atoms with Crippen LogP contribution in [0, 0.1) is 0 Å². The van der Waals surface area contributed by atoms with Gasteiger partial charge in [-0.3, -0.25) is 0 Å². The van der Waals surface area contributed by atoms with Crippen LogP contribution < -0.4 is 0 Å². The van der Waals surface area contributed by atoms with Crippen molar-refractivity contribution in [2.24, 2.45) is 0 Å². The lowest BCUT2D eigenvalue weighted by Gasteiger charge is -1.95. The van der Waals surface area contributed by atoms with E-state index in [9.17, 15) is 0 Å². The van der Waals surface area contributed by atoms with E-state index in [1.807, 2.05) is 42.5 Å². The van der Waals surface area contributed by atoms with Crippen LogP contribution in [0.5, 0.6) is 0 Å². The summed E-state index contributed by atoms with van der Waals surface area (Å²) in [7, 11) is 0. The third-order valence-corrected chi connectivity index (χ3v) is 3.38. The highest BCUT2D eigenvalue weighted by Gasteiger charge is 2.07. The first-order valence-corrected chi connectivity index (χ1v) is 6.58. The van der Waals surface area contributed by atoms with Crippen LogP contribution in [-0.2, 0) is 0 Å². The molecule has 0 radical (unpaired) electrons. The molecule has 0 spiro atoms. The van der Waals surface area contributed by atoms with Crippen LogP contribution in [-0.4, -0.2) is 9.97 Å². The number of halogens is 1. The third kappa shape index (κ3) is 2.35. The molecule has 0 aliphatic rings. The van der Waals surface area contributed by atoms with Gasteiger partial charge in [-0.05, 0) is 52.0 Å². The van der Waals surface area contributed by atoms with Crippen LogP contribution >= 0.6 is 27.7 Å². The maximum absolute atomic E-state index is 5.61. The van der Waals surface area contributed by atoms with Crippen molar-refractivity contribution >= 4 is 38.8 Å². The van der Waals surface area contributed by atoms with Crippen molar-refractivity contribution in [3.63, 3.8) is 0 Å². The second kappa shape index (κ2) is 4.50. The van der Waals surface area contributed by atoms with Gasteiger partial charge in [0.05, 0.1) is 0 Å². The van der Waals surface area contributed by atoms with E-state index >= 15 is 0 Å². The van der Waals surface area contributed by atoms with Gasteiger partial charge in [0, 0.05) is 0 Å². The smallest absolute Gasteiger partial charge is 0.263 e. The molecule has 5 heteroatoms. The lowest BCUT2D eigenvalue weighted by atomic mass is 10.3. The Balaban J connectivity index is 1.94. The van der Waals surface area contributed by atoms with Crippen LogP contribution in [0.3, 0.4) is 0 Å². The van der Waals surface area contributed by atoms with Crippen LogP contribution in [0.1, 0.15) is 0 Å². The SMILES string of the molecule is Brc1cccc(Sc2nc3ccccc3o2)n1. The Kier molecular flexibility index (Phi) is 2.86. The Labute approximate surface area is 110 Å². The normalized spacial score (nSPS) is 10.9. The molecule has 0 unspecified atom stereocenters. The lowest BCUT2D eigenvalue weighted by Crippen LogP contribution is -1.79. The number of fused-ring (bicyclic) bond motifs is 1. The molecule has 0 amide bonds. The minimum Gasteiger partial charge on any atom is -0.431 e. The summed E-state index contributed by atoms with van der Waals surface area (Å²) in [6, 6.07) is 13.4. The highest BCUT2D eigenvalue weighted by atomic mass is 79.9. The summed E-state index contributed by atoms with van der Waals surface area (Å²) in [5.74, 6) is 0. The molecule has 1 aromatic carbocycles. The first-order chi connectivity index (χ1) is 8.31. The molecular weight excluding hydrogens is 300 g/mol. The molecule has 0 aliphatic heterocycles. The van der Waals surface area contributed by atoms with Crippen molar-refractivity contribution in [3.05, 3.63) is 47.1 Å². The van der Waals surface area contributed by atoms with Crippen LogP contribution in [0.15, 0.2) is 61.7 Å². The summed E-state index contributed by atoms with van der Waals surface area (Å²) in [6.07, 6.45) is 0. The minimum absolute atomic E-state index is 0.608. The standard InChI is InChI=1S/C12H7BrN2OS/c13-10-6-3-7-11(15-10)17-12-14-8-4-1-2-5-9(8)16-12/h1-7H. The Bertz CT molecular complexity index is 635. The average molecular weight is 307 g/mol. The zero-order valence-electron chi connectivity index (χ0n) is 8.63. The van der Waals surface area contributed by atoms with E-state index in [1.165, 1.54) is 11.8 Å². The van der Waals surface area contributed by atoms with Gasteiger partial charge in [0.1, 0.15) is 15.1 Å². The monoisotopic (exact) mass is 306 g/mol. The molecule has 3 nitrogen and oxygen atoms in total. The van der Waals surface area contributed by atoms with E-state index in [-0.39, 0.29) is 0 Å². The van der Waals surface area contributed by atoms with E-state index in [1.54, 1.807) is 0 Å². The van der Waals surface area contributed by atoms with E-state index < -0.39 is 0 Å². The largest absolute Gasteiger partial charge is 0.431 e. The summed E-state index contributed by atoms with van der Waals surface area (Å²) >= 11 is 4.74. The zero-order valence-corrected chi connectivity index (χ0v) is 11.0. The highest BCUT2D eigenvalue weighted by molar-refractivity contribution is 9.10. The Hall–Kier alpha value is -1.33. The van der Waals surface area contributed by atoms with Crippen LogP contribution in [0.4, 0.5) is 0 Å². The van der Waals surface area contributed by atoms with Gasteiger partial charge in [-0.15, -0.1) is 0 Å². The number of rotatable bonds is 2. The van der Waals surface area contributed by atoms with Gasteiger partial charge >= 0.3 is 0 Å². The lowest BCUT2D eigenvalue weighted by molar-refractivity contribution is 0.489. The zero-order chi connectivity index (χ0) is 11.7. The number of hydrogen-bond donors (Lipinski definition) is 0. The molecule has 17 heavy (non-hydrogen) atoms. The molecule has 0 saturated carbocycles. The van der Waals surface area contributed by atoms with Crippen molar-refractivity contribution in [1.29, 1.82) is 0 Å². The second-order valence-electron chi connectivity index (χ2n) is 3.35. The van der Waals surface area contributed by atoms with E-state index in [0.29, 0.717) is 5.22 Å². The third-order valence-electron chi connectivity index (χ3n) is 2.16. The number of nitrogens with zero attached hydrogens (tertiary/aromatic N) is 2. The maximum atomic E-state index is 5.61. The van der Waals surface area contributed by atoms with Crippen molar-refractivity contribution in [2.45, 2.75) is 10.2 Å². The molecule has 2 aromatic heterocycles. The average Bonchev–Trinajstić information content (AvgIpc) is 2.71. The first-order valence-electron chi connectivity index (χ1n) is 4.97. The predicted octanol–water partition coefficient (Wildman–Crippen LogP) is 4.14. The fourth-order valence-electron chi connectivity index (χ4n) is 1.43. The summed E-state index contributed by atoms with van der Waals surface area (Å²) in [4.78, 5) is 8.70. The minimum atomic E-state index is 0.608. The molecule has 0 saturated heterocycles. The van der Waals surface area contributed by atoms with Gasteiger partial charge < -0.3 is 4.42 Å². The Morgan fingerprint density at radius 3 is 2.71 bits per heavy atom. The van der Waals surface area contributed by atoms with Crippen LogP contribution in [0.2, 0.25) is 0 Å². The molecule has 3 aromatic rings. The van der Waals surface area contributed by atoms with Gasteiger partial charge in [0.25, 0.3) is 5.22 Å². The van der Waals surface area contributed by atoms with Crippen molar-refractivity contribution in [3.8, 4) is 0 Å². The van der Waals surface area contributed by atoms with Gasteiger partial charge in [-0.2, -0.15) is 0 Å². The number of aromatic nitrogens is 2. The van der Waals surface area contributed by atoms with E-state index in [2.05, 4.69) is 25.9 Å². The fraction of sp³-hybridized carbons (Fsp3) is 0. The topological polar surface area (TPSA) is 38.9 Å². The number of benzene rings is 1. The molecule has 0 atom stereocenters. The second-order valence-corrected chi connectivity index (χ2v) is 5.13. The van der Waals surface area contributed by atoms with Crippen LogP contribution in [0.25, 0.3) is 11.1 Å². The van der Waals surface area contributed by atoms with Gasteiger partial charge in [-0.25, -0.2) is 9.97 Å². The fourth-order valence-corrected chi connectivity index (χ4v) is 2.64. The number of pyridine rings is 1. The molecule has 84 valence electrons. The number of hydrogen-bond acceptors (Lipinski definition) is 4. The molecule has 2 heterocycles. The molecule has 0 bridgehead atoms. The van der Waals surface area contributed by atoms with Crippen molar-refractivity contribution in [2.75, 3.05) is 0 Å². The molecule has 3 rings (SSSR count). The van der Waals surface area contributed by atoms with Gasteiger partial charge in [0.2, 0.25) is 0 Å². The van der Waals surface area contributed by atoms with Crippen molar-refractivity contribution in [1.82, 2.24) is 9.97 Å². The summed E-state index contributed by atoms with van der Waals surface area (Å²) in [5.41, 5.74) is 1.66. The maximum Gasteiger partial charge on any atom is 0.263 e. The summed E-state index contributed by atoms with van der Waals surface area (Å²) in [5, 5.41) is 1.46. The summed E-state index contributed by atoms with van der Waals surface area (Å²) < 4.78 is 6.41. The summed E-state index contributed by atoms with van der Waals surface area (Å²) in [6.45, 7) is 0. The molecule has 0 aliphatic carbocycles. The molecular formula is C12H7BrN2OS. The highest BCUT2D eigenvalue weighted by Crippen LogP contribution is 2.29. The Morgan fingerprint density at radius 2 is 1.88 bits per heavy atom. The van der Waals surface area contributed by atoms with E-state index in [4.69, 9.17) is 4.42 Å². The van der Waals surface area contributed by atoms with Gasteiger partial charge in [0.15, 0.2) is 5.58 Å². The number of para-hydroxylation sites is 2. The number of oxazole rings is 1. The molecule has 0 N–H and O–H groups in total. The predicted molar refractivity (Wildman–Crippen MR) is 70.1 cm³/mol. The Morgan fingerprint density at radius 1 is 1.00 bits per heavy atom. The molecule has 0 fully saturated rings. The van der Waals surface area contributed by atoms with Crippen molar-refractivity contribution < 1.29 is 4.42 Å².